The maximum absolute atomic E-state index is 12.4. The smallest absolute Gasteiger partial charge is 0.127 e. The predicted octanol–water partition coefficient (Wildman–Crippen LogP) is 6.50. The van der Waals surface area contributed by atoms with E-state index in [1.54, 1.807) is 0 Å². The molecular weight excluding hydrogens is 458 g/mol. The van der Waals surface area contributed by atoms with Gasteiger partial charge in [0, 0.05) is 12.3 Å². The zero-order valence-electron chi connectivity index (χ0n) is 21.2. The Morgan fingerprint density at radius 2 is 1.65 bits per heavy atom. The van der Waals surface area contributed by atoms with E-state index >= 15 is 0 Å². The van der Waals surface area contributed by atoms with Gasteiger partial charge in [-0.25, -0.2) is 0 Å². The molecule has 1 aliphatic rings. The average Bonchev–Trinajstić information content (AvgIpc) is 2.96. The molecule has 0 spiro atoms. The normalized spacial score (nSPS) is 18.4. The number of rotatable bonds is 11. The molecule has 0 radical (unpaired) electrons. The van der Waals surface area contributed by atoms with Crippen LogP contribution in [-0.2, 0) is 16.1 Å². The van der Waals surface area contributed by atoms with Crippen LogP contribution in [0.4, 0.5) is 0 Å². The number of carbonyl (C=O) groups is 1. The fourth-order valence-electron chi connectivity index (χ4n) is 5.44. The Kier molecular flexibility index (Phi) is 8.62. The topological polar surface area (TPSA) is 47.6 Å². The Bertz CT molecular complexity index is 1270. The molecule has 1 saturated heterocycles. The van der Waals surface area contributed by atoms with Crippen LogP contribution in [0.1, 0.15) is 41.4 Å². The molecule has 0 aromatic heterocycles. The number of carbonyl (C=O) groups excluding carboxylic acids is 1. The number of fused-ring (bicyclic) bond motifs is 1. The first-order valence-electron chi connectivity index (χ1n) is 13.3. The lowest BCUT2D eigenvalue weighted by Crippen LogP contribution is -2.39. The van der Waals surface area contributed by atoms with E-state index in [0.717, 1.165) is 43.5 Å². The summed E-state index contributed by atoms with van der Waals surface area (Å²) in [5.74, 6) is 1.26. The zero-order valence-corrected chi connectivity index (χ0v) is 21.2. The van der Waals surface area contributed by atoms with Gasteiger partial charge < -0.3 is 19.6 Å². The zero-order chi connectivity index (χ0) is 25.3. The first kappa shape index (κ1) is 25.2. The SMILES string of the molecule is O=CC(c1ccc2ccccc2c1)[C@@H]1CNCC[C@@H]1c1ccc(OCCCOCc2ccccc2)cc1. The quantitative estimate of drug-likeness (QED) is 0.191. The van der Waals surface area contributed by atoms with Gasteiger partial charge in [0.2, 0.25) is 0 Å². The highest BCUT2D eigenvalue weighted by molar-refractivity contribution is 5.84. The number of hydrogen-bond donors (Lipinski definition) is 1. The summed E-state index contributed by atoms with van der Waals surface area (Å²) in [5.41, 5.74) is 3.56. The number of aldehydes is 1. The molecule has 1 heterocycles. The second-order valence-corrected chi connectivity index (χ2v) is 9.84. The fraction of sp³-hybridized carbons (Fsp3) is 0.303. The van der Waals surface area contributed by atoms with Gasteiger partial charge in [-0.3, -0.25) is 0 Å². The van der Waals surface area contributed by atoms with Crippen LogP contribution in [0.3, 0.4) is 0 Å². The van der Waals surface area contributed by atoms with Crippen molar-refractivity contribution in [3.05, 3.63) is 114 Å². The van der Waals surface area contributed by atoms with Gasteiger partial charge in [-0.1, -0.05) is 84.9 Å². The van der Waals surface area contributed by atoms with Crippen molar-refractivity contribution in [3.8, 4) is 5.75 Å². The molecule has 0 bridgehead atoms. The Labute approximate surface area is 219 Å². The molecule has 190 valence electrons. The van der Waals surface area contributed by atoms with E-state index in [1.807, 2.05) is 30.3 Å². The molecule has 4 aromatic rings. The minimum Gasteiger partial charge on any atom is -0.494 e. The molecule has 0 amide bonds. The summed E-state index contributed by atoms with van der Waals surface area (Å²) in [4.78, 5) is 12.4. The van der Waals surface area contributed by atoms with Crippen molar-refractivity contribution >= 4 is 17.1 Å². The first-order chi connectivity index (χ1) is 18.3. The van der Waals surface area contributed by atoms with Crippen molar-refractivity contribution in [2.24, 2.45) is 5.92 Å². The maximum atomic E-state index is 12.4. The lowest BCUT2D eigenvalue weighted by Gasteiger charge is -2.36. The summed E-state index contributed by atoms with van der Waals surface area (Å²) >= 11 is 0. The molecule has 1 N–H and O–H groups in total. The van der Waals surface area contributed by atoms with E-state index in [2.05, 4.69) is 72.0 Å². The van der Waals surface area contributed by atoms with Gasteiger partial charge in [-0.05, 0) is 70.9 Å². The highest BCUT2D eigenvalue weighted by Gasteiger charge is 2.33. The first-order valence-corrected chi connectivity index (χ1v) is 13.3. The third kappa shape index (κ3) is 6.46. The van der Waals surface area contributed by atoms with Crippen molar-refractivity contribution in [1.82, 2.24) is 5.32 Å². The second-order valence-electron chi connectivity index (χ2n) is 9.84. The van der Waals surface area contributed by atoms with Crippen LogP contribution < -0.4 is 10.1 Å². The summed E-state index contributed by atoms with van der Waals surface area (Å²) in [6.45, 7) is 3.73. The minimum atomic E-state index is -0.144. The molecule has 4 aromatic carbocycles. The molecule has 0 saturated carbocycles. The standard InChI is InChI=1S/C33H35NO3/c35-23-33(29-12-11-26-9-4-5-10-28(26)21-29)32-22-34-18-17-31(32)27-13-15-30(16-14-27)37-20-6-19-36-24-25-7-2-1-3-8-25/h1-5,7-16,21,23,31-34H,6,17-20,22,24H2/t31-,32-,33?/m1/s1. The van der Waals surface area contributed by atoms with E-state index < -0.39 is 0 Å². The Morgan fingerprint density at radius 3 is 2.46 bits per heavy atom. The van der Waals surface area contributed by atoms with Crippen LogP contribution in [0, 0.1) is 5.92 Å². The molecule has 37 heavy (non-hydrogen) atoms. The summed E-state index contributed by atoms with van der Waals surface area (Å²) < 4.78 is 11.7. The third-order valence-corrected chi connectivity index (χ3v) is 7.42. The average molecular weight is 494 g/mol. The molecular formula is C33H35NO3. The number of hydrogen-bond acceptors (Lipinski definition) is 4. The van der Waals surface area contributed by atoms with E-state index in [4.69, 9.17) is 9.47 Å². The molecule has 0 aliphatic carbocycles. The highest BCUT2D eigenvalue weighted by Crippen LogP contribution is 2.39. The Morgan fingerprint density at radius 1 is 0.865 bits per heavy atom. The van der Waals surface area contributed by atoms with Gasteiger partial charge >= 0.3 is 0 Å². The lowest BCUT2D eigenvalue weighted by atomic mass is 9.72. The Hall–Kier alpha value is -3.47. The van der Waals surface area contributed by atoms with E-state index in [-0.39, 0.29) is 11.8 Å². The van der Waals surface area contributed by atoms with Crippen LogP contribution in [0.15, 0.2) is 97.1 Å². The highest BCUT2D eigenvalue weighted by atomic mass is 16.5. The molecule has 1 aliphatic heterocycles. The molecule has 3 atom stereocenters. The van der Waals surface area contributed by atoms with Crippen molar-refractivity contribution in [3.63, 3.8) is 0 Å². The molecule has 1 fully saturated rings. The summed E-state index contributed by atoms with van der Waals surface area (Å²) in [6, 6.07) is 33.4. The lowest BCUT2D eigenvalue weighted by molar-refractivity contribution is -0.110. The van der Waals surface area contributed by atoms with Gasteiger partial charge in [0.05, 0.1) is 19.8 Å². The van der Waals surface area contributed by atoms with Gasteiger partial charge in [0.15, 0.2) is 0 Å². The van der Waals surface area contributed by atoms with Crippen LogP contribution in [-0.4, -0.2) is 32.6 Å². The van der Waals surface area contributed by atoms with Gasteiger partial charge in [0.1, 0.15) is 12.0 Å². The van der Waals surface area contributed by atoms with Crippen LogP contribution >= 0.6 is 0 Å². The number of benzene rings is 4. The predicted molar refractivity (Wildman–Crippen MR) is 149 cm³/mol. The van der Waals surface area contributed by atoms with Gasteiger partial charge in [0.25, 0.3) is 0 Å². The van der Waals surface area contributed by atoms with Gasteiger partial charge in [-0.15, -0.1) is 0 Å². The number of piperidine rings is 1. The number of nitrogens with one attached hydrogen (secondary N) is 1. The maximum Gasteiger partial charge on any atom is 0.127 e. The van der Waals surface area contributed by atoms with Crippen molar-refractivity contribution in [2.75, 3.05) is 26.3 Å². The van der Waals surface area contributed by atoms with Crippen LogP contribution in [0.25, 0.3) is 10.8 Å². The van der Waals surface area contributed by atoms with Gasteiger partial charge in [-0.2, -0.15) is 0 Å². The molecule has 4 heteroatoms. The van der Waals surface area contributed by atoms with Crippen LogP contribution in [0.2, 0.25) is 0 Å². The van der Waals surface area contributed by atoms with Crippen molar-refractivity contribution in [1.29, 1.82) is 0 Å². The van der Waals surface area contributed by atoms with E-state index in [0.29, 0.717) is 25.7 Å². The number of ether oxygens (including phenoxy) is 2. The summed E-state index contributed by atoms with van der Waals surface area (Å²) in [7, 11) is 0. The Balaban J connectivity index is 1.18. The largest absolute Gasteiger partial charge is 0.494 e. The monoisotopic (exact) mass is 493 g/mol. The molecule has 4 nitrogen and oxygen atoms in total. The van der Waals surface area contributed by atoms with Crippen molar-refractivity contribution < 1.29 is 14.3 Å². The van der Waals surface area contributed by atoms with Crippen LogP contribution in [0.5, 0.6) is 5.75 Å². The fourth-order valence-corrected chi connectivity index (χ4v) is 5.44. The van der Waals surface area contributed by atoms with E-state index in [1.165, 1.54) is 21.9 Å². The van der Waals surface area contributed by atoms with Crippen molar-refractivity contribution in [2.45, 2.75) is 31.3 Å². The summed E-state index contributed by atoms with van der Waals surface area (Å²) in [6.07, 6.45) is 3.01. The minimum absolute atomic E-state index is 0.144. The summed E-state index contributed by atoms with van der Waals surface area (Å²) in [5, 5.41) is 5.91. The second kappa shape index (κ2) is 12.7. The molecule has 5 rings (SSSR count). The van der Waals surface area contributed by atoms with E-state index in [9.17, 15) is 4.79 Å². The third-order valence-electron chi connectivity index (χ3n) is 7.42. The molecule has 1 unspecified atom stereocenters.